The van der Waals surface area contributed by atoms with E-state index in [2.05, 4.69) is 20.9 Å². The molecule has 1 aromatic heterocycles. The Morgan fingerprint density at radius 3 is 2.47 bits per heavy atom. The molecule has 1 atom stereocenters. The number of carbonyl (C=O) groups excluding carboxylic acids is 2. The van der Waals surface area contributed by atoms with Crippen molar-refractivity contribution in [2.75, 3.05) is 23.3 Å². The van der Waals surface area contributed by atoms with Crippen molar-refractivity contribution in [2.45, 2.75) is 91.0 Å². The van der Waals surface area contributed by atoms with Crippen LogP contribution in [0.3, 0.4) is 0 Å². The molecule has 8 nitrogen and oxygen atoms in total. The minimum atomic E-state index is -2.73. The van der Waals surface area contributed by atoms with Crippen LogP contribution in [0.2, 0.25) is 10.0 Å². The van der Waals surface area contributed by atoms with Gasteiger partial charge in [0.1, 0.15) is 6.17 Å². The normalized spacial score (nSPS) is 17.7. The van der Waals surface area contributed by atoms with Gasteiger partial charge in [-0.25, -0.2) is 18.2 Å². The summed E-state index contributed by atoms with van der Waals surface area (Å²) in [7, 11) is 0. The Labute approximate surface area is 271 Å². The second-order valence-corrected chi connectivity index (χ2v) is 13.7. The number of amides is 2. The topological polar surface area (TPSA) is 91.3 Å². The van der Waals surface area contributed by atoms with Gasteiger partial charge in [-0.15, -0.1) is 0 Å². The van der Waals surface area contributed by atoms with Crippen LogP contribution in [0.5, 0.6) is 0 Å². The van der Waals surface area contributed by atoms with Crippen molar-refractivity contribution < 1.29 is 22.8 Å². The largest absolute Gasteiger partial charge is 0.368 e. The molecule has 2 aromatic carbocycles. The van der Waals surface area contributed by atoms with Crippen LogP contribution < -0.4 is 20.9 Å². The average molecular weight is 668 g/mol. The van der Waals surface area contributed by atoms with E-state index in [1.165, 1.54) is 4.57 Å². The highest BCUT2D eigenvalue weighted by Gasteiger charge is 2.29. The summed E-state index contributed by atoms with van der Waals surface area (Å²) >= 11 is 13.2. The number of benzene rings is 2. The first-order valence-corrected chi connectivity index (χ1v) is 16.1. The molecule has 1 aliphatic heterocycles. The van der Waals surface area contributed by atoms with Gasteiger partial charge in [-0.05, 0) is 43.0 Å². The first-order valence-electron chi connectivity index (χ1n) is 15.4. The first-order chi connectivity index (χ1) is 21.3. The minimum Gasteiger partial charge on any atom is -0.368 e. The molecule has 3 N–H and O–H groups in total. The number of carbonyl (C=O) groups is 2. The van der Waals surface area contributed by atoms with Crippen molar-refractivity contribution in [2.24, 2.45) is 5.41 Å². The molecule has 0 radical (unpaired) electrons. The standard InChI is InChI=1S/C32H39Cl2F3N6O2/c1-32(2,3)30(45)38-15-18-9-10-22(33)28(27(18)34)41-31-40-23-13-21(29(44)39-20-7-5-4-6-8-20)24(42-12-11-19(35)16-42)14-25(23)43(31)17-26(36)37/h9-10,13-14,19-20,26H,4-8,11-12,15-17H2,1-3H3,(H,38,45)(H,39,44)(H,40,41). The molecular formula is C32H39Cl2F3N6O2. The molecular weight excluding hydrogens is 628 g/mol. The molecule has 1 saturated heterocycles. The Morgan fingerprint density at radius 2 is 1.82 bits per heavy atom. The number of fused-ring (bicyclic) bond motifs is 1. The summed E-state index contributed by atoms with van der Waals surface area (Å²) in [5.74, 6) is -0.418. The lowest BCUT2D eigenvalue weighted by molar-refractivity contribution is -0.128. The number of halogens is 5. The Balaban J connectivity index is 1.54. The molecule has 1 saturated carbocycles. The lowest BCUT2D eigenvalue weighted by atomic mass is 9.95. The average Bonchev–Trinajstić information content (AvgIpc) is 3.56. The first kappa shape index (κ1) is 33.2. The monoisotopic (exact) mass is 666 g/mol. The molecule has 0 spiro atoms. The van der Waals surface area contributed by atoms with Crippen LogP contribution in [0.25, 0.3) is 11.0 Å². The van der Waals surface area contributed by atoms with Crippen LogP contribution >= 0.6 is 23.2 Å². The molecule has 3 aromatic rings. The molecule has 2 amide bonds. The van der Waals surface area contributed by atoms with Gasteiger partial charge in [-0.3, -0.25) is 9.59 Å². The fourth-order valence-corrected chi connectivity index (χ4v) is 6.40. The minimum absolute atomic E-state index is 0.0423. The summed E-state index contributed by atoms with van der Waals surface area (Å²) in [5, 5.41) is 9.44. The fraction of sp³-hybridized carbons (Fsp3) is 0.531. The van der Waals surface area contributed by atoms with E-state index in [0.29, 0.717) is 40.8 Å². The summed E-state index contributed by atoms with van der Waals surface area (Å²) in [6.07, 6.45) is 1.51. The van der Waals surface area contributed by atoms with E-state index in [9.17, 15) is 22.8 Å². The van der Waals surface area contributed by atoms with Crippen LogP contribution in [0.15, 0.2) is 24.3 Å². The Kier molecular flexibility index (Phi) is 10.1. The SMILES string of the molecule is CC(C)(C)C(=O)NCc1ccc(Cl)c(Nc2nc3cc(C(=O)NC4CCCCC4)c(N4CCC(F)C4)cc3n2CC(F)F)c1Cl. The molecule has 2 fully saturated rings. The molecule has 2 aliphatic rings. The number of rotatable bonds is 9. The Hall–Kier alpha value is -3.18. The van der Waals surface area contributed by atoms with E-state index in [0.717, 1.165) is 32.1 Å². The molecule has 1 aliphatic carbocycles. The smallest absolute Gasteiger partial charge is 0.256 e. The van der Waals surface area contributed by atoms with Gasteiger partial charge in [-0.2, -0.15) is 0 Å². The third-order valence-corrected chi connectivity index (χ3v) is 9.12. The lowest BCUT2D eigenvalue weighted by Crippen LogP contribution is -2.37. The van der Waals surface area contributed by atoms with Gasteiger partial charge in [0.15, 0.2) is 0 Å². The maximum Gasteiger partial charge on any atom is 0.256 e. The van der Waals surface area contributed by atoms with Crippen LogP contribution in [-0.4, -0.2) is 53.1 Å². The molecule has 45 heavy (non-hydrogen) atoms. The maximum atomic E-state index is 14.3. The molecule has 244 valence electrons. The number of nitrogens with zero attached hydrogens (tertiary/aromatic N) is 3. The number of hydrogen-bond acceptors (Lipinski definition) is 5. The van der Waals surface area contributed by atoms with Gasteiger partial charge >= 0.3 is 0 Å². The number of anilines is 3. The van der Waals surface area contributed by atoms with Gasteiger partial charge in [-0.1, -0.05) is 69.3 Å². The summed E-state index contributed by atoms with van der Waals surface area (Å²) in [4.78, 5) is 32.4. The van der Waals surface area contributed by atoms with Crippen molar-refractivity contribution in [3.8, 4) is 0 Å². The predicted molar refractivity (Wildman–Crippen MR) is 173 cm³/mol. The number of aromatic nitrogens is 2. The third kappa shape index (κ3) is 7.62. The molecule has 1 unspecified atom stereocenters. The van der Waals surface area contributed by atoms with E-state index < -0.39 is 24.6 Å². The van der Waals surface area contributed by atoms with Crippen LogP contribution in [-0.2, 0) is 17.9 Å². The number of imidazole rings is 1. The molecule has 5 rings (SSSR count). The molecule has 2 heterocycles. The van der Waals surface area contributed by atoms with E-state index in [1.54, 1.807) is 49.9 Å². The zero-order valence-corrected chi connectivity index (χ0v) is 27.2. The van der Waals surface area contributed by atoms with Crippen molar-refractivity contribution in [3.63, 3.8) is 0 Å². The second-order valence-electron chi connectivity index (χ2n) is 12.9. The Bertz CT molecular complexity index is 1570. The van der Waals surface area contributed by atoms with Gasteiger partial charge in [0.05, 0.1) is 44.6 Å². The quantitative estimate of drug-likeness (QED) is 0.219. The maximum absolute atomic E-state index is 14.3. The highest BCUT2D eigenvalue weighted by molar-refractivity contribution is 6.39. The highest BCUT2D eigenvalue weighted by atomic mass is 35.5. The number of nitrogens with one attached hydrogen (secondary N) is 3. The van der Waals surface area contributed by atoms with Crippen molar-refractivity contribution in [1.29, 1.82) is 0 Å². The number of alkyl halides is 3. The van der Waals surface area contributed by atoms with Crippen molar-refractivity contribution >= 4 is 63.4 Å². The van der Waals surface area contributed by atoms with E-state index >= 15 is 0 Å². The molecule has 13 heteroatoms. The highest BCUT2D eigenvalue weighted by Crippen LogP contribution is 2.38. The van der Waals surface area contributed by atoms with Gasteiger partial charge in [0.2, 0.25) is 11.9 Å². The van der Waals surface area contributed by atoms with E-state index in [4.69, 9.17) is 23.2 Å². The predicted octanol–water partition coefficient (Wildman–Crippen LogP) is 7.62. The van der Waals surface area contributed by atoms with Crippen LogP contribution in [0.1, 0.15) is 75.2 Å². The zero-order chi connectivity index (χ0) is 32.5. The Morgan fingerprint density at radius 1 is 1.09 bits per heavy atom. The summed E-state index contributed by atoms with van der Waals surface area (Å²) < 4.78 is 43.6. The number of hydrogen-bond donors (Lipinski definition) is 3. The lowest BCUT2D eigenvalue weighted by Gasteiger charge is -2.25. The van der Waals surface area contributed by atoms with E-state index in [-0.39, 0.29) is 52.6 Å². The van der Waals surface area contributed by atoms with Gasteiger partial charge < -0.3 is 25.4 Å². The van der Waals surface area contributed by atoms with Crippen molar-refractivity contribution in [3.05, 3.63) is 45.4 Å². The van der Waals surface area contributed by atoms with Crippen molar-refractivity contribution in [1.82, 2.24) is 20.2 Å². The molecule has 0 bridgehead atoms. The summed E-state index contributed by atoms with van der Waals surface area (Å²) in [6, 6.07) is 6.55. The van der Waals surface area contributed by atoms with Gasteiger partial charge in [0.25, 0.3) is 12.3 Å². The fourth-order valence-electron chi connectivity index (χ4n) is 5.87. The van der Waals surface area contributed by atoms with Crippen LogP contribution in [0.4, 0.5) is 30.5 Å². The zero-order valence-electron chi connectivity index (χ0n) is 25.7. The van der Waals surface area contributed by atoms with E-state index in [1.807, 2.05) is 0 Å². The summed E-state index contributed by atoms with van der Waals surface area (Å²) in [5.41, 5.74) is 1.66. The second kappa shape index (κ2) is 13.7. The third-order valence-electron chi connectivity index (χ3n) is 8.37. The van der Waals surface area contributed by atoms with Gasteiger partial charge in [0, 0.05) is 31.1 Å². The summed E-state index contributed by atoms with van der Waals surface area (Å²) in [6.45, 7) is 5.31. The van der Waals surface area contributed by atoms with Crippen LogP contribution in [0, 0.1) is 5.41 Å².